The number of benzene rings is 1. The Bertz CT molecular complexity index is 1110. The van der Waals surface area contributed by atoms with Crippen LogP contribution in [-0.4, -0.2) is 24.1 Å². The van der Waals surface area contributed by atoms with E-state index in [9.17, 15) is 9.59 Å². The van der Waals surface area contributed by atoms with E-state index in [0.29, 0.717) is 18.6 Å². The van der Waals surface area contributed by atoms with Gasteiger partial charge in [0.25, 0.3) is 0 Å². The van der Waals surface area contributed by atoms with Gasteiger partial charge in [-0.2, -0.15) is 0 Å². The van der Waals surface area contributed by atoms with Gasteiger partial charge in [0.15, 0.2) is 5.78 Å². The maximum absolute atomic E-state index is 13.7. The van der Waals surface area contributed by atoms with E-state index in [1.54, 1.807) is 23.1 Å². The molecule has 0 fully saturated rings. The Labute approximate surface area is 204 Å². The normalized spacial score (nSPS) is 20.5. The first-order valence-electron chi connectivity index (χ1n) is 11.7. The molecule has 0 amide bonds. The predicted octanol–water partition coefficient (Wildman–Crippen LogP) is 6.35. The second-order valence-corrected chi connectivity index (χ2v) is 11.1. The Hall–Kier alpha value is -2.31. The molecule has 4 nitrogen and oxygen atoms in total. The molecular formula is C27H31NO3S2. The molecule has 6 heteroatoms. The number of hydrogen-bond donors (Lipinski definition) is 1. The molecule has 2 heterocycles. The van der Waals surface area contributed by atoms with Gasteiger partial charge in [-0.3, -0.25) is 4.79 Å². The SMILES string of the molecule is CCOC(=O)C1=C(C)NC2=C(C(=O)C[C@H](c3ccccc3)C2)[C@H]1c1cc(CC)sc1SCC. The summed E-state index contributed by atoms with van der Waals surface area (Å²) in [6.07, 6.45) is 2.15. The molecule has 1 N–H and O–H groups in total. The maximum atomic E-state index is 13.7. The van der Waals surface area contributed by atoms with Gasteiger partial charge in [0.05, 0.1) is 22.3 Å². The van der Waals surface area contributed by atoms with E-state index < -0.39 is 0 Å². The Morgan fingerprint density at radius 1 is 1.18 bits per heavy atom. The van der Waals surface area contributed by atoms with E-state index in [0.717, 1.165) is 41.1 Å². The van der Waals surface area contributed by atoms with Gasteiger partial charge in [0.2, 0.25) is 0 Å². The molecule has 4 rings (SSSR count). The number of Topliss-reactive ketones (excluding diaryl/α,β-unsaturated/α-hetero) is 1. The largest absolute Gasteiger partial charge is 0.463 e. The van der Waals surface area contributed by atoms with Crippen LogP contribution in [0.5, 0.6) is 0 Å². The molecule has 0 saturated heterocycles. The van der Waals surface area contributed by atoms with Crippen LogP contribution in [-0.2, 0) is 20.7 Å². The van der Waals surface area contributed by atoms with Crippen LogP contribution in [0.4, 0.5) is 0 Å². The monoisotopic (exact) mass is 481 g/mol. The molecule has 2 aromatic rings. The number of carbonyl (C=O) groups is 2. The molecule has 2 atom stereocenters. The lowest BCUT2D eigenvalue weighted by atomic mass is 9.72. The Balaban J connectivity index is 1.85. The van der Waals surface area contributed by atoms with Crippen molar-refractivity contribution in [3.8, 4) is 0 Å². The van der Waals surface area contributed by atoms with E-state index in [1.807, 2.05) is 32.0 Å². The maximum Gasteiger partial charge on any atom is 0.336 e. The molecule has 0 radical (unpaired) electrons. The van der Waals surface area contributed by atoms with E-state index in [-0.39, 0.29) is 23.6 Å². The molecule has 0 unspecified atom stereocenters. The predicted molar refractivity (Wildman–Crippen MR) is 136 cm³/mol. The second-order valence-electron chi connectivity index (χ2n) is 8.39. The van der Waals surface area contributed by atoms with Crippen LogP contribution in [0.2, 0.25) is 0 Å². The summed E-state index contributed by atoms with van der Waals surface area (Å²) in [6.45, 7) is 8.33. The molecule has 1 aliphatic heterocycles. The van der Waals surface area contributed by atoms with Gasteiger partial charge in [-0.05, 0) is 55.6 Å². The number of ether oxygens (including phenoxy) is 1. The van der Waals surface area contributed by atoms with Gasteiger partial charge in [-0.1, -0.05) is 44.2 Å². The molecule has 2 aliphatic rings. The molecule has 174 valence electrons. The standard InChI is InChI=1S/C27H31NO3S2/c1-5-19-15-20(27(33-19)32-7-3)24-23(26(30)31-6-2)16(4)28-21-13-18(14-22(29)25(21)24)17-11-9-8-10-12-17/h8-12,15,18,24,28H,5-7,13-14H2,1-4H3/t18-,24+/m1/s1. The number of dihydropyridines is 1. The smallest absolute Gasteiger partial charge is 0.336 e. The minimum absolute atomic E-state index is 0.119. The summed E-state index contributed by atoms with van der Waals surface area (Å²) in [4.78, 5) is 28.1. The van der Waals surface area contributed by atoms with Crippen molar-refractivity contribution in [1.29, 1.82) is 0 Å². The quantitative estimate of drug-likeness (QED) is 0.369. The number of thioether (sulfide) groups is 1. The number of ketones is 1. The lowest BCUT2D eigenvalue weighted by Gasteiger charge is -2.36. The Kier molecular flexibility index (Phi) is 7.45. The summed E-state index contributed by atoms with van der Waals surface area (Å²) in [5.41, 5.74) is 5.31. The van der Waals surface area contributed by atoms with Crippen molar-refractivity contribution in [1.82, 2.24) is 5.32 Å². The molecule has 1 aromatic carbocycles. The fourth-order valence-corrected chi connectivity index (χ4v) is 7.23. The van der Waals surface area contributed by atoms with Crippen LogP contribution in [0.3, 0.4) is 0 Å². The van der Waals surface area contributed by atoms with Gasteiger partial charge >= 0.3 is 5.97 Å². The van der Waals surface area contributed by atoms with Gasteiger partial charge in [0.1, 0.15) is 0 Å². The first-order chi connectivity index (χ1) is 16.0. The van der Waals surface area contributed by atoms with Crippen LogP contribution in [0, 0.1) is 0 Å². The molecule has 0 saturated carbocycles. The number of rotatable bonds is 7. The van der Waals surface area contributed by atoms with E-state index in [2.05, 4.69) is 37.4 Å². The number of aryl methyl sites for hydroxylation is 1. The third-order valence-corrected chi connectivity index (χ3v) is 8.78. The average molecular weight is 482 g/mol. The minimum atomic E-state index is -0.380. The lowest BCUT2D eigenvalue weighted by Crippen LogP contribution is -2.36. The zero-order valence-electron chi connectivity index (χ0n) is 19.7. The summed E-state index contributed by atoms with van der Waals surface area (Å²) in [5.74, 6) is 0.479. The summed E-state index contributed by atoms with van der Waals surface area (Å²) >= 11 is 3.57. The molecule has 0 bridgehead atoms. The molecule has 1 aromatic heterocycles. The van der Waals surface area contributed by atoms with Gasteiger partial charge in [-0.25, -0.2) is 4.79 Å². The Morgan fingerprint density at radius 3 is 2.61 bits per heavy atom. The van der Waals surface area contributed by atoms with Crippen molar-refractivity contribution < 1.29 is 14.3 Å². The number of allylic oxidation sites excluding steroid dienone is 3. The number of esters is 1. The zero-order chi connectivity index (χ0) is 23.5. The van der Waals surface area contributed by atoms with Gasteiger partial charge in [0, 0.05) is 28.3 Å². The van der Waals surface area contributed by atoms with Crippen molar-refractivity contribution in [2.45, 2.75) is 63.0 Å². The highest BCUT2D eigenvalue weighted by Crippen LogP contribution is 2.49. The topological polar surface area (TPSA) is 55.4 Å². The fourth-order valence-electron chi connectivity index (χ4n) is 4.85. The average Bonchev–Trinajstić information content (AvgIpc) is 3.21. The highest BCUT2D eigenvalue weighted by molar-refractivity contribution is 8.01. The van der Waals surface area contributed by atoms with E-state index >= 15 is 0 Å². The number of nitrogens with one attached hydrogen (secondary N) is 1. The zero-order valence-corrected chi connectivity index (χ0v) is 21.3. The fraction of sp³-hybridized carbons (Fsp3) is 0.407. The molecule has 0 spiro atoms. The van der Waals surface area contributed by atoms with E-state index in [4.69, 9.17) is 4.74 Å². The summed E-state index contributed by atoms with van der Waals surface area (Å²) in [6, 6.07) is 12.4. The lowest BCUT2D eigenvalue weighted by molar-refractivity contribution is -0.138. The van der Waals surface area contributed by atoms with E-state index in [1.165, 1.54) is 14.6 Å². The minimum Gasteiger partial charge on any atom is -0.463 e. The molecule has 1 aliphatic carbocycles. The highest BCUT2D eigenvalue weighted by Gasteiger charge is 2.42. The first-order valence-corrected chi connectivity index (χ1v) is 13.5. The van der Waals surface area contributed by atoms with Crippen molar-refractivity contribution in [2.24, 2.45) is 0 Å². The number of thiophene rings is 1. The van der Waals surface area contributed by atoms with Crippen molar-refractivity contribution >= 4 is 34.9 Å². The summed E-state index contributed by atoms with van der Waals surface area (Å²) < 4.78 is 6.66. The van der Waals surface area contributed by atoms with Crippen LogP contribution < -0.4 is 5.32 Å². The number of hydrogen-bond acceptors (Lipinski definition) is 6. The van der Waals surface area contributed by atoms with Gasteiger partial charge < -0.3 is 10.1 Å². The highest BCUT2D eigenvalue weighted by atomic mass is 32.2. The van der Waals surface area contributed by atoms with Crippen molar-refractivity contribution in [3.63, 3.8) is 0 Å². The second kappa shape index (κ2) is 10.3. The summed E-state index contributed by atoms with van der Waals surface area (Å²) in [7, 11) is 0. The molecular weight excluding hydrogens is 450 g/mol. The first kappa shape index (κ1) is 23.8. The molecule has 33 heavy (non-hydrogen) atoms. The van der Waals surface area contributed by atoms with Crippen LogP contribution in [0.1, 0.15) is 68.4 Å². The van der Waals surface area contributed by atoms with Gasteiger partial charge in [-0.15, -0.1) is 23.1 Å². The van der Waals surface area contributed by atoms with Crippen molar-refractivity contribution in [3.05, 3.63) is 74.9 Å². The third kappa shape index (κ3) is 4.69. The third-order valence-electron chi connectivity index (χ3n) is 6.30. The van der Waals surface area contributed by atoms with Crippen LogP contribution in [0.25, 0.3) is 0 Å². The summed E-state index contributed by atoms with van der Waals surface area (Å²) in [5, 5.41) is 3.44. The number of carbonyl (C=O) groups excluding carboxylic acids is 2. The Morgan fingerprint density at radius 2 is 1.94 bits per heavy atom. The van der Waals surface area contributed by atoms with Crippen LogP contribution in [0.15, 0.2) is 63.1 Å². The van der Waals surface area contributed by atoms with Crippen molar-refractivity contribution in [2.75, 3.05) is 12.4 Å². The van der Waals surface area contributed by atoms with Crippen LogP contribution >= 0.6 is 23.1 Å².